The Hall–Kier alpha value is -1.84. The van der Waals surface area contributed by atoms with Crippen LogP contribution in [0.3, 0.4) is 0 Å². The molecular formula is C19H26N2O2. The molecule has 1 heterocycles. The quantitative estimate of drug-likeness (QED) is 0.896. The first-order chi connectivity index (χ1) is 11.1. The van der Waals surface area contributed by atoms with Crippen molar-refractivity contribution >= 4 is 17.5 Å². The second-order valence-corrected chi connectivity index (χ2v) is 7.02. The van der Waals surface area contributed by atoms with Crippen LogP contribution in [0.15, 0.2) is 24.3 Å². The van der Waals surface area contributed by atoms with Crippen LogP contribution in [0.1, 0.15) is 51.0 Å². The van der Waals surface area contributed by atoms with Crippen molar-refractivity contribution < 1.29 is 9.59 Å². The Labute approximate surface area is 138 Å². The van der Waals surface area contributed by atoms with Crippen LogP contribution >= 0.6 is 0 Å². The van der Waals surface area contributed by atoms with Gasteiger partial charge in [-0.3, -0.25) is 9.59 Å². The predicted octanol–water partition coefficient (Wildman–Crippen LogP) is 3.27. The van der Waals surface area contributed by atoms with Gasteiger partial charge in [-0.1, -0.05) is 38.0 Å². The van der Waals surface area contributed by atoms with Gasteiger partial charge in [0.25, 0.3) is 0 Å². The number of benzene rings is 1. The van der Waals surface area contributed by atoms with Crippen molar-refractivity contribution in [1.82, 2.24) is 5.32 Å². The average Bonchev–Trinajstić information content (AvgIpc) is 2.55. The van der Waals surface area contributed by atoms with Crippen LogP contribution < -0.4 is 10.6 Å². The summed E-state index contributed by atoms with van der Waals surface area (Å²) in [5.74, 6) is 0.606. The largest absolute Gasteiger partial charge is 0.353 e. The molecule has 4 heteroatoms. The fourth-order valence-electron chi connectivity index (χ4n) is 3.76. The molecule has 1 aliphatic carbocycles. The second-order valence-electron chi connectivity index (χ2n) is 7.02. The molecule has 1 aliphatic heterocycles. The van der Waals surface area contributed by atoms with Crippen LogP contribution in [0, 0.1) is 11.8 Å². The van der Waals surface area contributed by atoms with Crippen molar-refractivity contribution in [3.8, 4) is 0 Å². The van der Waals surface area contributed by atoms with Crippen molar-refractivity contribution in [2.24, 2.45) is 11.8 Å². The van der Waals surface area contributed by atoms with Crippen LogP contribution in [0.5, 0.6) is 0 Å². The van der Waals surface area contributed by atoms with E-state index in [1.54, 1.807) is 0 Å². The van der Waals surface area contributed by atoms with E-state index in [1.807, 2.05) is 24.3 Å². The molecule has 0 aromatic heterocycles. The third-order valence-corrected chi connectivity index (χ3v) is 5.29. The van der Waals surface area contributed by atoms with Gasteiger partial charge in [0.2, 0.25) is 11.8 Å². The standard InChI is InChI=1S/C19H26N2O2/c1-13-6-2-4-8-16(13)20-18(22)11-10-15-12-14-7-3-5-9-17(14)21-19(15)23/h3,5,7,9,13,15-16H,2,4,6,8,10-12H2,1H3,(H,20,22)(H,21,23). The summed E-state index contributed by atoms with van der Waals surface area (Å²) in [5.41, 5.74) is 2.08. The molecule has 1 aromatic rings. The third kappa shape index (κ3) is 3.92. The number of hydrogen-bond acceptors (Lipinski definition) is 2. The molecule has 1 aromatic carbocycles. The van der Waals surface area contributed by atoms with E-state index in [4.69, 9.17) is 0 Å². The van der Waals surface area contributed by atoms with E-state index in [9.17, 15) is 9.59 Å². The topological polar surface area (TPSA) is 58.2 Å². The lowest BCUT2D eigenvalue weighted by molar-refractivity contribution is -0.123. The lowest BCUT2D eigenvalue weighted by Gasteiger charge is -2.30. The summed E-state index contributed by atoms with van der Waals surface area (Å²) >= 11 is 0. The Kier molecular flexibility index (Phi) is 4.99. The van der Waals surface area contributed by atoms with E-state index in [-0.39, 0.29) is 17.7 Å². The number of carbonyl (C=O) groups excluding carboxylic acids is 2. The Morgan fingerprint density at radius 3 is 2.87 bits per heavy atom. The van der Waals surface area contributed by atoms with Gasteiger partial charge in [0, 0.05) is 24.1 Å². The molecule has 0 bridgehead atoms. The highest BCUT2D eigenvalue weighted by atomic mass is 16.2. The molecule has 3 atom stereocenters. The smallest absolute Gasteiger partial charge is 0.227 e. The predicted molar refractivity (Wildman–Crippen MR) is 91.1 cm³/mol. The zero-order valence-corrected chi connectivity index (χ0v) is 13.8. The van der Waals surface area contributed by atoms with Gasteiger partial charge in [-0.05, 0) is 43.2 Å². The molecule has 4 nitrogen and oxygen atoms in total. The lowest BCUT2D eigenvalue weighted by Crippen LogP contribution is -2.41. The molecule has 3 unspecified atom stereocenters. The van der Waals surface area contributed by atoms with Gasteiger partial charge in [-0.2, -0.15) is 0 Å². The van der Waals surface area contributed by atoms with Gasteiger partial charge in [0.05, 0.1) is 0 Å². The Morgan fingerprint density at radius 1 is 1.26 bits per heavy atom. The zero-order valence-electron chi connectivity index (χ0n) is 13.8. The van der Waals surface area contributed by atoms with Gasteiger partial charge >= 0.3 is 0 Å². The normalized spacial score (nSPS) is 27.0. The third-order valence-electron chi connectivity index (χ3n) is 5.29. The Balaban J connectivity index is 1.50. The highest BCUT2D eigenvalue weighted by Gasteiger charge is 2.27. The SMILES string of the molecule is CC1CCCCC1NC(=O)CCC1Cc2ccccc2NC1=O. The van der Waals surface area contributed by atoms with Crippen LogP contribution in [-0.2, 0) is 16.0 Å². The van der Waals surface area contributed by atoms with Gasteiger partial charge in [0.1, 0.15) is 0 Å². The summed E-state index contributed by atoms with van der Waals surface area (Å²) in [4.78, 5) is 24.4. The summed E-state index contributed by atoms with van der Waals surface area (Å²) < 4.78 is 0. The van der Waals surface area contributed by atoms with E-state index in [0.717, 1.165) is 18.5 Å². The number of para-hydroxylation sites is 1. The molecule has 23 heavy (non-hydrogen) atoms. The first-order valence-electron chi connectivity index (χ1n) is 8.81. The summed E-state index contributed by atoms with van der Waals surface area (Å²) in [6.07, 6.45) is 6.55. The summed E-state index contributed by atoms with van der Waals surface area (Å²) in [7, 11) is 0. The van der Waals surface area contributed by atoms with E-state index in [1.165, 1.54) is 24.8 Å². The second kappa shape index (κ2) is 7.16. The summed E-state index contributed by atoms with van der Waals surface area (Å²) in [5, 5.41) is 6.12. The van der Waals surface area contributed by atoms with Crippen LogP contribution in [-0.4, -0.2) is 17.9 Å². The Bertz CT molecular complexity index is 584. The monoisotopic (exact) mass is 314 g/mol. The van der Waals surface area contributed by atoms with Crippen LogP contribution in [0.25, 0.3) is 0 Å². The van der Waals surface area contributed by atoms with Gasteiger partial charge in [0.15, 0.2) is 0 Å². The molecule has 1 fully saturated rings. The van der Waals surface area contributed by atoms with Gasteiger partial charge in [-0.25, -0.2) is 0 Å². The van der Waals surface area contributed by atoms with Gasteiger partial charge < -0.3 is 10.6 Å². The van der Waals surface area contributed by atoms with Crippen molar-refractivity contribution in [1.29, 1.82) is 0 Å². The average molecular weight is 314 g/mol. The maximum atomic E-state index is 12.2. The number of amides is 2. The number of fused-ring (bicyclic) bond motifs is 1. The number of nitrogens with one attached hydrogen (secondary N) is 2. The van der Waals surface area contributed by atoms with Gasteiger partial charge in [-0.15, -0.1) is 0 Å². The molecule has 0 saturated heterocycles. The van der Waals surface area contributed by atoms with E-state index in [2.05, 4.69) is 17.6 Å². The number of hydrogen-bond donors (Lipinski definition) is 2. The van der Waals surface area contributed by atoms with Crippen molar-refractivity contribution in [3.05, 3.63) is 29.8 Å². The number of rotatable bonds is 4. The summed E-state index contributed by atoms with van der Waals surface area (Å²) in [6, 6.07) is 8.21. The molecule has 2 aliphatic rings. The first-order valence-corrected chi connectivity index (χ1v) is 8.81. The minimum Gasteiger partial charge on any atom is -0.353 e. The van der Waals surface area contributed by atoms with E-state index >= 15 is 0 Å². The van der Waals surface area contributed by atoms with Crippen molar-refractivity contribution in [3.63, 3.8) is 0 Å². The number of carbonyl (C=O) groups is 2. The molecule has 2 amide bonds. The van der Waals surface area contributed by atoms with Crippen LogP contribution in [0.2, 0.25) is 0 Å². The molecule has 1 saturated carbocycles. The minimum atomic E-state index is -0.0978. The Morgan fingerprint density at radius 2 is 2.04 bits per heavy atom. The molecule has 0 radical (unpaired) electrons. The first kappa shape index (κ1) is 16.0. The maximum Gasteiger partial charge on any atom is 0.227 e. The number of anilines is 1. The lowest BCUT2D eigenvalue weighted by atomic mass is 9.85. The fourth-order valence-corrected chi connectivity index (χ4v) is 3.76. The van der Waals surface area contributed by atoms with E-state index in [0.29, 0.717) is 24.8 Å². The fraction of sp³-hybridized carbons (Fsp3) is 0.579. The molecule has 124 valence electrons. The van der Waals surface area contributed by atoms with Crippen molar-refractivity contribution in [2.75, 3.05) is 5.32 Å². The highest BCUT2D eigenvalue weighted by molar-refractivity contribution is 5.96. The van der Waals surface area contributed by atoms with E-state index < -0.39 is 0 Å². The molecule has 3 rings (SSSR count). The molecule has 0 spiro atoms. The minimum absolute atomic E-state index is 0.0440. The summed E-state index contributed by atoms with van der Waals surface area (Å²) in [6.45, 7) is 2.22. The molecule has 2 N–H and O–H groups in total. The zero-order chi connectivity index (χ0) is 16.2. The molecular weight excluding hydrogens is 288 g/mol. The van der Waals surface area contributed by atoms with Crippen molar-refractivity contribution in [2.45, 2.75) is 57.9 Å². The highest BCUT2D eigenvalue weighted by Crippen LogP contribution is 2.28. The maximum absolute atomic E-state index is 12.2. The van der Waals surface area contributed by atoms with Crippen LogP contribution in [0.4, 0.5) is 5.69 Å².